The molecule has 0 amide bonds. The molecular weight excluding hydrogens is 492 g/mol. The van der Waals surface area contributed by atoms with Crippen LogP contribution in [-0.4, -0.2) is 42.0 Å². The molecule has 34 heavy (non-hydrogen) atoms. The highest BCUT2D eigenvalue weighted by Gasteiger charge is 2.34. The molecule has 3 aromatic carbocycles. The minimum atomic E-state index is -4.12. The minimum Gasteiger partial charge on any atom is -0.224 e. The number of hydrogen-bond acceptors (Lipinski definition) is 6. The maximum atomic E-state index is 13.4. The fraction of sp³-hybridized carbons (Fsp3) is 0.280. The van der Waals surface area contributed by atoms with Crippen LogP contribution in [0.25, 0.3) is 0 Å². The Bertz CT molecular complexity index is 1450. The first kappa shape index (κ1) is 26.1. The van der Waals surface area contributed by atoms with E-state index in [0.717, 1.165) is 16.7 Å². The van der Waals surface area contributed by atoms with Crippen molar-refractivity contribution >= 4 is 29.5 Å². The van der Waals surface area contributed by atoms with Gasteiger partial charge in [0, 0.05) is 0 Å². The van der Waals surface area contributed by atoms with Gasteiger partial charge in [0.25, 0.3) is 0 Å². The van der Waals surface area contributed by atoms with Crippen LogP contribution < -0.4 is 0 Å². The van der Waals surface area contributed by atoms with Crippen LogP contribution in [0.2, 0.25) is 0 Å². The van der Waals surface area contributed by atoms with E-state index in [1.54, 1.807) is 36.4 Å². The zero-order chi connectivity index (χ0) is 25.1. The third-order valence-corrected chi connectivity index (χ3v) is 11.7. The summed E-state index contributed by atoms with van der Waals surface area (Å²) in [6, 6.07) is 18.5. The van der Waals surface area contributed by atoms with Crippen LogP contribution in [0.4, 0.5) is 0 Å². The SMILES string of the molecule is Cc1ccc(S(=O)(=O)CCC(CS(=O)(=O)c2ccc(C)cc2)S(=O)(=O)c2ccc(C)cc2)cc1. The summed E-state index contributed by atoms with van der Waals surface area (Å²) in [6.07, 6.45) is -0.350. The Kier molecular flexibility index (Phi) is 7.69. The molecule has 3 rings (SSSR count). The molecule has 0 aliphatic heterocycles. The van der Waals surface area contributed by atoms with Crippen LogP contribution in [0.15, 0.2) is 87.5 Å². The molecule has 6 nitrogen and oxygen atoms in total. The highest BCUT2D eigenvalue weighted by molar-refractivity contribution is 7.95. The molecule has 0 bridgehead atoms. The normalized spacial score (nSPS) is 13.5. The zero-order valence-electron chi connectivity index (χ0n) is 19.3. The summed E-state index contributed by atoms with van der Waals surface area (Å²) < 4.78 is 78.9. The van der Waals surface area contributed by atoms with E-state index in [9.17, 15) is 25.3 Å². The van der Waals surface area contributed by atoms with Crippen LogP contribution in [0.5, 0.6) is 0 Å². The maximum Gasteiger partial charge on any atom is 0.182 e. The molecular formula is C25H28O6S3. The molecule has 3 aromatic rings. The maximum absolute atomic E-state index is 13.4. The predicted octanol–water partition coefficient (Wildman–Crippen LogP) is 4.09. The van der Waals surface area contributed by atoms with Gasteiger partial charge < -0.3 is 0 Å². The Morgan fingerprint density at radius 3 is 1.29 bits per heavy atom. The number of sulfone groups is 3. The standard InChI is InChI=1S/C25H28O6S3/c1-19-4-10-22(11-5-19)32(26,27)17-16-25(34(30,31)24-14-8-21(3)9-15-24)18-33(28,29)23-12-6-20(2)7-13-23/h4-15,25H,16-18H2,1-3H3. The second kappa shape index (κ2) is 10.0. The topological polar surface area (TPSA) is 102 Å². The summed E-state index contributed by atoms with van der Waals surface area (Å²) >= 11 is 0. The molecule has 0 saturated heterocycles. The Labute approximate surface area is 202 Å². The van der Waals surface area contributed by atoms with Gasteiger partial charge in [0.15, 0.2) is 29.5 Å². The van der Waals surface area contributed by atoms with Crippen LogP contribution in [0.1, 0.15) is 23.1 Å². The summed E-state index contributed by atoms with van der Waals surface area (Å²) in [6.45, 7) is 5.46. The fourth-order valence-electron chi connectivity index (χ4n) is 3.49. The van der Waals surface area contributed by atoms with E-state index in [4.69, 9.17) is 0 Å². The van der Waals surface area contributed by atoms with Gasteiger partial charge in [-0.15, -0.1) is 0 Å². The van der Waals surface area contributed by atoms with Gasteiger partial charge in [-0.1, -0.05) is 53.1 Å². The van der Waals surface area contributed by atoms with E-state index in [2.05, 4.69) is 0 Å². The van der Waals surface area contributed by atoms with Gasteiger partial charge in [-0.3, -0.25) is 0 Å². The van der Waals surface area contributed by atoms with Crippen LogP contribution in [-0.2, 0) is 29.5 Å². The third-order valence-electron chi connectivity index (χ3n) is 5.66. The van der Waals surface area contributed by atoms with Crippen molar-refractivity contribution in [3.05, 3.63) is 89.5 Å². The molecule has 0 N–H and O–H groups in total. The fourth-order valence-corrected chi connectivity index (χ4v) is 9.00. The quantitative estimate of drug-likeness (QED) is 0.421. The lowest BCUT2D eigenvalue weighted by molar-refractivity contribution is 0.567. The Morgan fingerprint density at radius 2 is 0.882 bits per heavy atom. The van der Waals surface area contributed by atoms with E-state index >= 15 is 0 Å². The molecule has 0 aromatic heterocycles. The first-order valence-electron chi connectivity index (χ1n) is 10.7. The van der Waals surface area contributed by atoms with Crippen molar-refractivity contribution < 1.29 is 25.3 Å². The monoisotopic (exact) mass is 520 g/mol. The van der Waals surface area contributed by atoms with Gasteiger partial charge in [-0.25, -0.2) is 25.3 Å². The summed E-state index contributed by atoms with van der Waals surface area (Å²) in [5.41, 5.74) is 2.61. The van der Waals surface area contributed by atoms with Gasteiger partial charge in [0.1, 0.15) is 0 Å². The molecule has 0 saturated carbocycles. The van der Waals surface area contributed by atoms with Gasteiger partial charge in [0.2, 0.25) is 0 Å². The molecule has 182 valence electrons. The lowest BCUT2D eigenvalue weighted by Gasteiger charge is -2.18. The molecule has 0 spiro atoms. The largest absolute Gasteiger partial charge is 0.224 e. The van der Waals surface area contributed by atoms with Crippen molar-refractivity contribution in [3.8, 4) is 0 Å². The minimum absolute atomic E-state index is 0.00333. The second-order valence-electron chi connectivity index (χ2n) is 8.50. The average Bonchev–Trinajstić information content (AvgIpc) is 2.77. The van der Waals surface area contributed by atoms with E-state index in [1.807, 2.05) is 20.8 Å². The number of rotatable bonds is 9. The van der Waals surface area contributed by atoms with Crippen LogP contribution >= 0.6 is 0 Å². The van der Waals surface area contributed by atoms with Crippen LogP contribution in [0, 0.1) is 20.8 Å². The average molecular weight is 521 g/mol. The number of hydrogen-bond donors (Lipinski definition) is 0. The number of aryl methyl sites for hydroxylation is 3. The lowest BCUT2D eigenvalue weighted by Crippen LogP contribution is -2.32. The first-order valence-corrected chi connectivity index (χ1v) is 15.6. The summed E-state index contributed by atoms with van der Waals surface area (Å²) in [5.74, 6) is -1.20. The van der Waals surface area contributed by atoms with Gasteiger partial charge >= 0.3 is 0 Å². The van der Waals surface area contributed by atoms with Gasteiger partial charge in [-0.05, 0) is 63.6 Å². The van der Waals surface area contributed by atoms with Crippen molar-refractivity contribution in [2.75, 3.05) is 11.5 Å². The predicted molar refractivity (Wildman–Crippen MR) is 133 cm³/mol. The molecule has 0 aliphatic rings. The summed E-state index contributed by atoms with van der Waals surface area (Å²) in [4.78, 5) is 0.0458. The van der Waals surface area contributed by atoms with Crippen molar-refractivity contribution in [2.45, 2.75) is 47.1 Å². The van der Waals surface area contributed by atoms with E-state index in [1.165, 1.54) is 36.4 Å². The Morgan fingerprint density at radius 1 is 0.529 bits per heavy atom. The lowest BCUT2D eigenvalue weighted by atomic mass is 10.2. The highest BCUT2D eigenvalue weighted by atomic mass is 32.2. The third kappa shape index (κ3) is 6.14. The summed E-state index contributed by atoms with van der Waals surface area (Å²) in [7, 11) is -11.9. The van der Waals surface area contributed by atoms with Gasteiger partial charge in [0.05, 0.1) is 31.4 Å². The van der Waals surface area contributed by atoms with Crippen molar-refractivity contribution in [1.29, 1.82) is 0 Å². The molecule has 1 atom stereocenters. The molecule has 0 heterocycles. The smallest absolute Gasteiger partial charge is 0.182 e. The van der Waals surface area contributed by atoms with E-state index in [0.29, 0.717) is 0 Å². The molecule has 0 radical (unpaired) electrons. The molecule has 0 fully saturated rings. The van der Waals surface area contributed by atoms with Crippen molar-refractivity contribution in [2.24, 2.45) is 0 Å². The molecule has 0 aliphatic carbocycles. The van der Waals surface area contributed by atoms with Gasteiger partial charge in [-0.2, -0.15) is 0 Å². The van der Waals surface area contributed by atoms with Crippen LogP contribution in [0.3, 0.4) is 0 Å². The second-order valence-corrected chi connectivity index (χ2v) is 14.9. The van der Waals surface area contributed by atoms with Crippen molar-refractivity contribution in [1.82, 2.24) is 0 Å². The Hall–Kier alpha value is -2.49. The van der Waals surface area contributed by atoms with E-state index in [-0.39, 0.29) is 21.1 Å². The highest BCUT2D eigenvalue weighted by Crippen LogP contribution is 2.25. The molecule has 9 heteroatoms. The zero-order valence-corrected chi connectivity index (χ0v) is 21.8. The number of benzene rings is 3. The molecule has 1 unspecified atom stereocenters. The Balaban J connectivity index is 1.96. The van der Waals surface area contributed by atoms with E-state index < -0.39 is 46.3 Å². The summed E-state index contributed by atoms with van der Waals surface area (Å²) in [5, 5.41) is -1.43. The first-order chi connectivity index (χ1) is 15.8. The van der Waals surface area contributed by atoms with Crippen molar-refractivity contribution in [3.63, 3.8) is 0 Å².